The smallest absolute Gasteiger partial charge is 0.272 e. The van der Waals surface area contributed by atoms with E-state index in [0.717, 1.165) is 0 Å². The van der Waals surface area contributed by atoms with Crippen molar-refractivity contribution in [1.29, 1.82) is 0 Å². The van der Waals surface area contributed by atoms with Crippen LogP contribution in [-0.4, -0.2) is 39.9 Å². The van der Waals surface area contributed by atoms with E-state index in [1.807, 2.05) is 0 Å². The van der Waals surface area contributed by atoms with E-state index in [1.165, 1.54) is 4.68 Å². The van der Waals surface area contributed by atoms with Crippen LogP contribution in [0.1, 0.15) is 23.0 Å². The Labute approximate surface area is 182 Å². The van der Waals surface area contributed by atoms with Gasteiger partial charge in [-0.1, -0.05) is 47.5 Å². The number of nitrogens with one attached hydrogen (secondary N) is 1. The van der Waals surface area contributed by atoms with Crippen LogP contribution in [0.4, 0.5) is 8.78 Å². The summed E-state index contributed by atoms with van der Waals surface area (Å²) in [7, 11) is 0. The van der Waals surface area contributed by atoms with Gasteiger partial charge in [0.1, 0.15) is 0 Å². The largest absolute Gasteiger partial charge is 0.396 e. The Morgan fingerprint density at radius 3 is 2.43 bits per heavy atom. The van der Waals surface area contributed by atoms with Gasteiger partial charge in [0.05, 0.1) is 22.9 Å². The van der Waals surface area contributed by atoms with Crippen molar-refractivity contribution in [2.24, 2.45) is 0 Å². The molecule has 0 aliphatic heterocycles. The van der Waals surface area contributed by atoms with Crippen molar-refractivity contribution in [3.05, 3.63) is 69.8 Å². The summed E-state index contributed by atoms with van der Waals surface area (Å²) in [5.74, 6) is -3.84. The molecular weight excluding hydrogens is 435 g/mol. The SMILES string of the molecule is CC(F)(F)CNC(=O)c1nn(-c2ccccc2Cl)c(-c2ccc(Cl)cc2)c1CCO. The van der Waals surface area contributed by atoms with E-state index in [1.54, 1.807) is 48.5 Å². The van der Waals surface area contributed by atoms with Crippen LogP contribution in [0.3, 0.4) is 0 Å². The molecule has 0 atom stereocenters. The number of hydrogen-bond acceptors (Lipinski definition) is 3. The average molecular weight is 454 g/mol. The number of alkyl halides is 2. The second-order valence-electron chi connectivity index (χ2n) is 6.77. The summed E-state index contributed by atoms with van der Waals surface area (Å²) in [5.41, 5.74) is 2.05. The molecule has 0 unspecified atom stereocenters. The Hall–Kier alpha value is -2.48. The van der Waals surface area contributed by atoms with Crippen LogP contribution in [0.25, 0.3) is 16.9 Å². The minimum absolute atomic E-state index is 0.0573. The van der Waals surface area contributed by atoms with E-state index in [0.29, 0.717) is 39.5 Å². The minimum Gasteiger partial charge on any atom is -0.396 e. The fourth-order valence-corrected chi connectivity index (χ4v) is 3.34. The summed E-state index contributed by atoms with van der Waals surface area (Å²) < 4.78 is 28.0. The highest BCUT2D eigenvalue weighted by Gasteiger charge is 2.28. The number of aliphatic hydroxyl groups is 1. The molecule has 5 nitrogen and oxygen atoms in total. The summed E-state index contributed by atoms with van der Waals surface area (Å²) in [6.07, 6.45) is 0.0910. The standard InChI is InChI=1S/C21H19Cl2F2N3O2/c1-21(24,25)12-26-20(30)18-15(10-11-29)19(13-6-8-14(22)9-7-13)28(27-18)17-5-3-2-4-16(17)23/h2-9,29H,10-12H2,1H3,(H,26,30). The van der Waals surface area contributed by atoms with Gasteiger partial charge in [-0.3, -0.25) is 4.79 Å². The molecule has 0 fully saturated rings. The Morgan fingerprint density at radius 2 is 1.83 bits per heavy atom. The van der Waals surface area contributed by atoms with Crippen LogP contribution in [0.15, 0.2) is 48.5 Å². The quantitative estimate of drug-likeness (QED) is 0.541. The fraction of sp³-hybridized carbons (Fsp3) is 0.238. The molecule has 2 N–H and O–H groups in total. The molecule has 2 aromatic carbocycles. The molecule has 0 saturated carbocycles. The number of aromatic nitrogens is 2. The zero-order valence-electron chi connectivity index (χ0n) is 16.0. The van der Waals surface area contributed by atoms with Crippen LogP contribution in [-0.2, 0) is 6.42 Å². The molecule has 1 heterocycles. The van der Waals surface area contributed by atoms with Crippen LogP contribution in [0, 0.1) is 0 Å². The second kappa shape index (κ2) is 9.12. The van der Waals surface area contributed by atoms with Crippen LogP contribution < -0.4 is 5.32 Å². The van der Waals surface area contributed by atoms with Crippen molar-refractivity contribution >= 4 is 29.1 Å². The molecule has 30 heavy (non-hydrogen) atoms. The normalized spacial score (nSPS) is 11.5. The maximum atomic E-state index is 13.2. The molecule has 1 amide bonds. The van der Waals surface area contributed by atoms with Gasteiger partial charge in [-0.05, 0) is 24.3 Å². The number of rotatable bonds is 7. The molecular formula is C21H19Cl2F2N3O2. The van der Waals surface area contributed by atoms with E-state index >= 15 is 0 Å². The highest BCUT2D eigenvalue weighted by Crippen LogP contribution is 2.33. The molecule has 0 saturated heterocycles. The number of carbonyl (C=O) groups is 1. The zero-order valence-corrected chi connectivity index (χ0v) is 17.5. The number of carbonyl (C=O) groups excluding carboxylic acids is 1. The molecule has 0 spiro atoms. The van der Waals surface area contributed by atoms with Gasteiger partial charge < -0.3 is 10.4 Å². The van der Waals surface area contributed by atoms with E-state index < -0.39 is 18.4 Å². The third-order valence-corrected chi connectivity index (χ3v) is 4.89. The monoisotopic (exact) mass is 453 g/mol. The first-order valence-electron chi connectivity index (χ1n) is 9.11. The number of nitrogens with zero attached hydrogens (tertiary/aromatic N) is 2. The lowest BCUT2D eigenvalue weighted by atomic mass is 10.0. The van der Waals surface area contributed by atoms with E-state index in [9.17, 15) is 18.7 Å². The maximum Gasteiger partial charge on any atom is 0.272 e. The van der Waals surface area contributed by atoms with Crippen LogP contribution in [0.5, 0.6) is 0 Å². The summed E-state index contributed by atoms with van der Waals surface area (Å²) in [4.78, 5) is 12.7. The van der Waals surface area contributed by atoms with Gasteiger partial charge in [0.25, 0.3) is 11.8 Å². The number of para-hydroxylation sites is 1. The van der Waals surface area contributed by atoms with Gasteiger partial charge in [-0.2, -0.15) is 5.10 Å². The molecule has 0 bridgehead atoms. The number of amides is 1. The molecule has 3 rings (SSSR count). The molecule has 1 aromatic heterocycles. The van der Waals surface area contributed by atoms with Crippen molar-refractivity contribution in [3.8, 4) is 16.9 Å². The first kappa shape index (κ1) is 22.2. The third kappa shape index (κ3) is 4.98. The van der Waals surface area contributed by atoms with Crippen LogP contribution >= 0.6 is 23.2 Å². The highest BCUT2D eigenvalue weighted by atomic mass is 35.5. The Bertz CT molecular complexity index is 1050. The maximum absolute atomic E-state index is 13.2. The first-order chi connectivity index (χ1) is 14.2. The molecule has 3 aromatic rings. The highest BCUT2D eigenvalue weighted by molar-refractivity contribution is 6.32. The van der Waals surface area contributed by atoms with Crippen molar-refractivity contribution < 1.29 is 18.7 Å². The molecule has 158 valence electrons. The zero-order chi connectivity index (χ0) is 21.9. The average Bonchev–Trinajstić information content (AvgIpc) is 3.06. The first-order valence-corrected chi connectivity index (χ1v) is 9.86. The predicted octanol–water partition coefficient (Wildman–Crippen LogP) is 4.77. The van der Waals surface area contributed by atoms with Crippen molar-refractivity contribution in [2.75, 3.05) is 13.2 Å². The summed E-state index contributed by atoms with van der Waals surface area (Å²) in [6, 6.07) is 13.8. The number of halogens is 4. The van der Waals surface area contributed by atoms with Gasteiger partial charge in [0, 0.05) is 36.1 Å². The summed E-state index contributed by atoms with van der Waals surface area (Å²) in [6.45, 7) is -0.387. The van der Waals surface area contributed by atoms with Crippen LogP contribution in [0.2, 0.25) is 10.0 Å². The summed E-state index contributed by atoms with van der Waals surface area (Å²) in [5, 5.41) is 17.1. The third-order valence-electron chi connectivity index (χ3n) is 4.32. The molecule has 9 heteroatoms. The van der Waals surface area contributed by atoms with E-state index in [2.05, 4.69) is 10.4 Å². The predicted molar refractivity (Wildman–Crippen MR) is 113 cm³/mol. The minimum atomic E-state index is -3.07. The Morgan fingerprint density at radius 1 is 1.17 bits per heavy atom. The van der Waals surface area contributed by atoms with Crippen molar-refractivity contribution in [3.63, 3.8) is 0 Å². The second-order valence-corrected chi connectivity index (χ2v) is 7.62. The number of aliphatic hydroxyl groups excluding tert-OH is 1. The van der Waals surface area contributed by atoms with Gasteiger partial charge in [0.15, 0.2) is 5.69 Å². The Balaban J connectivity index is 2.21. The fourth-order valence-electron chi connectivity index (χ4n) is 3.00. The van der Waals surface area contributed by atoms with Crippen molar-refractivity contribution in [2.45, 2.75) is 19.3 Å². The van der Waals surface area contributed by atoms with Gasteiger partial charge in [-0.15, -0.1) is 0 Å². The van der Waals surface area contributed by atoms with E-state index in [-0.39, 0.29) is 18.7 Å². The van der Waals surface area contributed by atoms with Crippen molar-refractivity contribution in [1.82, 2.24) is 15.1 Å². The number of hydrogen-bond donors (Lipinski definition) is 2. The van der Waals surface area contributed by atoms with Gasteiger partial charge >= 0.3 is 0 Å². The lowest BCUT2D eigenvalue weighted by molar-refractivity contribution is 0.0220. The van der Waals surface area contributed by atoms with Gasteiger partial charge in [0.2, 0.25) is 0 Å². The lowest BCUT2D eigenvalue weighted by Gasteiger charge is -2.12. The lowest BCUT2D eigenvalue weighted by Crippen LogP contribution is -2.35. The molecule has 0 aliphatic carbocycles. The summed E-state index contributed by atoms with van der Waals surface area (Å²) >= 11 is 12.4. The van der Waals surface area contributed by atoms with Gasteiger partial charge in [-0.25, -0.2) is 13.5 Å². The number of benzene rings is 2. The topological polar surface area (TPSA) is 67.2 Å². The molecule has 0 radical (unpaired) electrons. The molecule has 0 aliphatic rings. The van der Waals surface area contributed by atoms with E-state index in [4.69, 9.17) is 23.2 Å². The Kier molecular flexibility index (Phi) is 6.75.